The molecule has 6 heteroatoms. The normalized spacial score (nSPS) is 17.1. The van der Waals surface area contributed by atoms with Crippen molar-refractivity contribution in [3.63, 3.8) is 0 Å². The Bertz CT molecular complexity index is 525. The van der Waals surface area contributed by atoms with Gasteiger partial charge in [0.1, 0.15) is 6.04 Å². The molecule has 1 aliphatic heterocycles. The summed E-state index contributed by atoms with van der Waals surface area (Å²) in [4.78, 5) is 24.8. The van der Waals surface area contributed by atoms with E-state index in [-0.39, 0.29) is 5.91 Å². The fourth-order valence-corrected chi connectivity index (χ4v) is 3.00. The first-order chi connectivity index (χ1) is 10.5. The molecule has 0 radical (unpaired) electrons. The number of nitrogens with one attached hydrogen (secondary N) is 1. The minimum absolute atomic E-state index is 0.126. The molecule has 2 amide bonds. The van der Waals surface area contributed by atoms with Crippen molar-refractivity contribution in [1.29, 1.82) is 0 Å². The third-order valence-corrected chi connectivity index (χ3v) is 4.40. The van der Waals surface area contributed by atoms with E-state index in [1.165, 1.54) is 5.56 Å². The van der Waals surface area contributed by atoms with Crippen LogP contribution in [0.3, 0.4) is 0 Å². The molecule has 0 aliphatic carbocycles. The molecule has 0 saturated carbocycles. The summed E-state index contributed by atoms with van der Waals surface area (Å²) >= 11 is 5.90. The van der Waals surface area contributed by atoms with E-state index in [4.69, 9.17) is 16.7 Å². The molecule has 1 aromatic carbocycles. The maximum absolute atomic E-state index is 12.3. The number of carbonyl (C=O) groups excluding carboxylic acids is 1. The van der Waals surface area contributed by atoms with Crippen molar-refractivity contribution in [2.45, 2.75) is 38.1 Å². The van der Waals surface area contributed by atoms with Crippen LogP contribution in [0.15, 0.2) is 24.3 Å². The fourth-order valence-electron chi connectivity index (χ4n) is 2.88. The van der Waals surface area contributed by atoms with Crippen LogP contribution in [0.25, 0.3) is 0 Å². The third kappa shape index (κ3) is 4.13. The molecule has 0 aromatic heterocycles. The molecular weight excluding hydrogens is 304 g/mol. The van der Waals surface area contributed by atoms with Crippen LogP contribution >= 0.6 is 11.6 Å². The summed E-state index contributed by atoms with van der Waals surface area (Å²) in [5, 5.41) is 11.8. The largest absolute Gasteiger partial charge is 0.465 e. The highest BCUT2D eigenvalue weighted by Gasteiger charge is 2.28. The van der Waals surface area contributed by atoms with Crippen LogP contribution in [-0.4, -0.2) is 41.1 Å². The summed E-state index contributed by atoms with van der Waals surface area (Å²) in [6.45, 7) is 3.12. The Hall–Kier alpha value is -1.75. The average Bonchev–Trinajstić information content (AvgIpc) is 2.52. The summed E-state index contributed by atoms with van der Waals surface area (Å²) in [6, 6.07) is 7.19. The van der Waals surface area contributed by atoms with Gasteiger partial charge in [-0.15, -0.1) is 0 Å². The number of halogens is 1. The second-order valence-electron chi connectivity index (χ2n) is 5.56. The lowest BCUT2D eigenvalue weighted by molar-refractivity contribution is -0.134. The highest BCUT2D eigenvalue weighted by Crippen LogP contribution is 2.29. The minimum Gasteiger partial charge on any atom is -0.465 e. The maximum Gasteiger partial charge on any atom is 0.405 e. The second-order valence-corrected chi connectivity index (χ2v) is 6.00. The number of amides is 2. The quantitative estimate of drug-likeness (QED) is 0.894. The molecule has 2 rings (SSSR count). The molecule has 0 bridgehead atoms. The molecule has 1 saturated heterocycles. The van der Waals surface area contributed by atoms with Crippen LogP contribution in [-0.2, 0) is 4.79 Å². The van der Waals surface area contributed by atoms with Crippen LogP contribution < -0.4 is 5.32 Å². The Morgan fingerprint density at radius 2 is 1.91 bits per heavy atom. The molecule has 22 heavy (non-hydrogen) atoms. The Balaban J connectivity index is 1.92. The van der Waals surface area contributed by atoms with E-state index >= 15 is 0 Å². The van der Waals surface area contributed by atoms with Gasteiger partial charge in [0, 0.05) is 18.1 Å². The van der Waals surface area contributed by atoms with Crippen LogP contribution in [0.1, 0.15) is 37.7 Å². The molecule has 0 spiro atoms. The van der Waals surface area contributed by atoms with E-state index in [1.54, 1.807) is 11.8 Å². The van der Waals surface area contributed by atoms with Gasteiger partial charge in [-0.3, -0.25) is 4.79 Å². The lowest BCUT2D eigenvalue weighted by Gasteiger charge is -2.34. The second kappa shape index (κ2) is 7.49. The number of nitrogens with zero attached hydrogens (tertiary/aromatic N) is 1. The average molecular weight is 325 g/mol. The summed E-state index contributed by atoms with van der Waals surface area (Å²) in [7, 11) is 0. The number of hydrogen-bond acceptors (Lipinski definition) is 2. The van der Waals surface area contributed by atoms with Crippen molar-refractivity contribution >= 4 is 23.6 Å². The van der Waals surface area contributed by atoms with Gasteiger partial charge in [-0.1, -0.05) is 30.7 Å². The predicted octanol–water partition coefficient (Wildman–Crippen LogP) is 3.09. The van der Waals surface area contributed by atoms with Gasteiger partial charge in [-0.2, -0.15) is 0 Å². The van der Waals surface area contributed by atoms with Crippen molar-refractivity contribution < 1.29 is 14.7 Å². The topological polar surface area (TPSA) is 69.6 Å². The van der Waals surface area contributed by atoms with Gasteiger partial charge in [-0.25, -0.2) is 4.79 Å². The van der Waals surface area contributed by atoms with Gasteiger partial charge in [0.25, 0.3) is 0 Å². The smallest absolute Gasteiger partial charge is 0.405 e. The SMILES string of the molecule is CCC(NC(=O)O)C(=O)N1CCC(c2ccc(Cl)cc2)CC1. The first kappa shape index (κ1) is 16.6. The number of carboxylic acid groups (broad SMARTS) is 1. The molecule has 1 aromatic rings. The zero-order chi connectivity index (χ0) is 16.1. The highest BCUT2D eigenvalue weighted by molar-refractivity contribution is 6.30. The number of carbonyl (C=O) groups is 2. The predicted molar refractivity (Wildman–Crippen MR) is 85.2 cm³/mol. The minimum atomic E-state index is -1.16. The van der Waals surface area contributed by atoms with Crippen molar-refractivity contribution in [2.24, 2.45) is 0 Å². The first-order valence-electron chi connectivity index (χ1n) is 7.55. The molecule has 1 heterocycles. The fraction of sp³-hybridized carbons (Fsp3) is 0.500. The van der Waals surface area contributed by atoms with Crippen molar-refractivity contribution in [1.82, 2.24) is 10.2 Å². The van der Waals surface area contributed by atoms with Crippen LogP contribution in [0, 0.1) is 0 Å². The summed E-state index contributed by atoms with van der Waals surface area (Å²) in [5.74, 6) is 0.299. The van der Waals surface area contributed by atoms with Gasteiger partial charge >= 0.3 is 6.09 Å². The summed E-state index contributed by atoms with van der Waals surface area (Å²) in [5.41, 5.74) is 1.24. The molecule has 5 nitrogen and oxygen atoms in total. The van der Waals surface area contributed by atoms with Gasteiger partial charge in [-0.05, 0) is 42.9 Å². The zero-order valence-corrected chi connectivity index (χ0v) is 13.3. The monoisotopic (exact) mass is 324 g/mol. The van der Waals surface area contributed by atoms with E-state index in [0.29, 0.717) is 25.4 Å². The van der Waals surface area contributed by atoms with E-state index in [1.807, 2.05) is 24.3 Å². The summed E-state index contributed by atoms with van der Waals surface area (Å²) in [6.07, 6.45) is 1.08. The molecular formula is C16H21ClN2O3. The number of hydrogen-bond donors (Lipinski definition) is 2. The van der Waals surface area contributed by atoms with E-state index in [0.717, 1.165) is 17.9 Å². The molecule has 1 unspecified atom stereocenters. The third-order valence-electron chi connectivity index (χ3n) is 4.15. The number of piperidine rings is 1. The Morgan fingerprint density at radius 3 is 2.41 bits per heavy atom. The van der Waals surface area contributed by atoms with Crippen LogP contribution in [0.4, 0.5) is 4.79 Å². The van der Waals surface area contributed by atoms with Gasteiger partial charge in [0.2, 0.25) is 5.91 Å². The Labute approximate surface area is 135 Å². The van der Waals surface area contributed by atoms with E-state index in [2.05, 4.69) is 5.32 Å². The van der Waals surface area contributed by atoms with Crippen molar-refractivity contribution in [3.8, 4) is 0 Å². The standard InChI is InChI=1S/C16H21ClN2O3/c1-2-14(18-16(21)22)15(20)19-9-7-12(8-10-19)11-3-5-13(17)6-4-11/h3-6,12,14,18H,2,7-10H2,1H3,(H,21,22). The van der Waals surface area contributed by atoms with Crippen molar-refractivity contribution in [3.05, 3.63) is 34.9 Å². The zero-order valence-electron chi connectivity index (χ0n) is 12.6. The summed E-state index contributed by atoms with van der Waals surface area (Å²) < 4.78 is 0. The lowest BCUT2D eigenvalue weighted by atomic mass is 9.89. The molecule has 2 N–H and O–H groups in total. The molecule has 1 aliphatic rings. The lowest BCUT2D eigenvalue weighted by Crippen LogP contribution is -2.50. The Morgan fingerprint density at radius 1 is 1.32 bits per heavy atom. The Kier molecular flexibility index (Phi) is 5.66. The van der Waals surface area contributed by atoms with Crippen LogP contribution in [0.5, 0.6) is 0 Å². The molecule has 120 valence electrons. The number of rotatable bonds is 4. The van der Waals surface area contributed by atoms with Crippen LogP contribution in [0.2, 0.25) is 5.02 Å². The molecule has 1 atom stereocenters. The highest BCUT2D eigenvalue weighted by atomic mass is 35.5. The first-order valence-corrected chi connectivity index (χ1v) is 7.92. The van der Waals surface area contributed by atoms with Crippen molar-refractivity contribution in [2.75, 3.05) is 13.1 Å². The number of likely N-dealkylation sites (tertiary alicyclic amines) is 1. The van der Waals surface area contributed by atoms with E-state index < -0.39 is 12.1 Å². The van der Waals surface area contributed by atoms with Gasteiger partial charge < -0.3 is 15.3 Å². The van der Waals surface area contributed by atoms with Gasteiger partial charge in [0.05, 0.1) is 0 Å². The van der Waals surface area contributed by atoms with E-state index in [9.17, 15) is 9.59 Å². The maximum atomic E-state index is 12.3. The van der Waals surface area contributed by atoms with Gasteiger partial charge in [0.15, 0.2) is 0 Å². The number of benzene rings is 1. The molecule has 1 fully saturated rings.